The van der Waals surface area contributed by atoms with Crippen LogP contribution in [0.15, 0.2) is 18.3 Å². The van der Waals surface area contributed by atoms with Gasteiger partial charge in [-0.3, -0.25) is 4.79 Å². The Hall–Kier alpha value is -2.55. The van der Waals surface area contributed by atoms with Gasteiger partial charge in [-0.05, 0) is 26.0 Å². The first-order valence-electron chi connectivity index (χ1n) is 8.12. The number of carbonyl (C=O) groups excluding carboxylic acids is 1. The molecule has 0 N–H and O–H groups in total. The van der Waals surface area contributed by atoms with Gasteiger partial charge >= 0.3 is 0 Å². The lowest BCUT2D eigenvalue weighted by atomic mass is 10.1. The lowest BCUT2D eigenvalue weighted by Gasteiger charge is -2.44. The lowest BCUT2D eigenvalue weighted by molar-refractivity contribution is -0.131. The normalized spacial score (nSPS) is 14.8. The van der Waals surface area contributed by atoms with E-state index in [1.165, 1.54) is 0 Å². The molecule has 1 aliphatic rings. The first-order chi connectivity index (χ1) is 12.0. The van der Waals surface area contributed by atoms with Crippen molar-refractivity contribution in [2.45, 2.75) is 26.3 Å². The number of hydrogen-bond donors (Lipinski definition) is 0. The van der Waals surface area contributed by atoms with Crippen molar-refractivity contribution in [1.82, 2.24) is 29.7 Å². The van der Waals surface area contributed by atoms with Gasteiger partial charge in [-0.2, -0.15) is 4.52 Å². The Labute approximate surface area is 149 Å². The number of likely N-dealkylation sites (N-methyl/N-ethyl adjacent to an activating group) is 1. The summed E-state index contributed by atoms with van der Waals surface area (Å²) < 4.78 is 1.74. The second-order valence-corrected chi connectivity index (χ2v) is 7.61. The van der Waals surface area contributed by atoms with Crippen LogP contribution in [0.3, 0.4) is 0 Å². The fourth-order valence-corrected chi connectivity index (χ4v) is 3.69. The number of thiazole rings is 1. The van der Waals surface area contributed by atoms with E-state index in [4.69, 9.17) is 0 Å². The number of carbonyl (C=O) groups is 1. The standard InChI is InChI=1S/C16H19N7OS/c1-10-18-19-14-4-5-15(20-23(10)14)22-8-12(9-22)21(3)16(24)6-13-7-17-11(2)25-13/h4-5,7,12H,6,8-9H2,1-3H3. The van der Waals surface area contributed by atoms with Gasteiger partial charge in [0, 0.05) is 31.2 Å². The molecule has 0 spiro atoms. The van der Waals surface area contributed by atoms with E-state index in [9.17, 15) is 4.79 Å². The first kappa shape index (κ1) is 15.9. The summed E-state index contributed by atoms with van der Waals surface area (Å²) in [4.78, 5) is 21.7. The molecule has 0 aliphatic carbocycles. The van der Waals surface area contributed by atoms with Crippen LogP contribution >= 0.6 is 11.3 Å². The van der Waals surface area contributed by atoms with Crippen molar-refractivity contribution in [1.29, 1.82) is 0 Å². The zero-order valence-corrected chi connectivity index (χ0v) is 15.2. The number of aromatic nitrogens is 5. The van der Waals surface area contributed by atoms with E-state index in [0.717, 1.165) is 40.3 Å². The van der Waals surface area contributed by atoms with E-state index >= 15 is 0 Å². The van der Waals surface area contributed by atoms with Crippen LogP contribution in [0.2, 0.25) is 0 Å². The number of fused-ring (bicyclic) bond motifs is 1. The van der Waals surface area contributed by atoms with Gasteiger partial charge in [0.1, 0.15) is 5.82 Å². The Morgan fingerprint density at radius 2 is 2.12 bits per heavy atom. The molecule has 3 aromatic heterocycles. The molecule has 4 heterocycles. The van der Waals surface area contributed by atoms with Gasteiger partial charge < -0.3 is 9.80 Å². The third-order valence-corrected chi connectivity index (χ3v) is 5.44. The quantitative estimate of drug-likeness (QED) is 0.695. The molecule has 4 rings (SSSR count). The zero-order valence-electron chi connectivity index (χ0n) is 14.4. The predicted octanol–water partition coefficient (Wildman–Crippen LogP) is 1.09. The highest BCUT2D eigenvalue weighted by Crippen LogP contribution is 2.22. The molecule has 0 aromatic carbocycles. The topological polar surface area (TPSA) is 79.5 Å². The number of hydrogen-bond acceptors (Lipinski definition) is 7. The van der Waals surface area contributed by atoms with E-state index in [0.29, 0.717) is 6.42 Å². The molecule has 0 radical (unpaired) electrons. The second kappa shape index (κ2) is 6.07. The van der Waals surface area contributed by atoms with E-state index in [-0.39, 0.29) is 11.9 Å². The summed E-state index contributed by atoms with van der Waals surface area (Å²) in [5, 5.41) is 13.6. The Morgan fingerprint density at radius 3 is 2.84 bits per heavy atom. The highest BCUT2D eigenvalue weighted by Gasteiger charge is 2.33. The molecule has 1 saturated heterocycles. The first-order valence-corrected chi connectivity index (χ1v) is 8.94. The molecule has 130 valence electrons. The van der Waals surface area contributed by atoms with Crippen molar-refractivity contribution >= 4 is 28.7 Å². The zero-order chi connectivity index (χ0) is 17.6. The maximum atomic E-state index is 12.4. The summed E-state index contributed by atoms with van der Waals surface area (Å²) in [5.74, 6) is 1.78. The largest absolute Gasteiger partial charge is 0.351 e. The summed E-state index contributed by atoms with van der Waals surface area (Å²) in [6, 6.07) is 4.07. The Bertz CT molecular complexity index is 928. The maximum absolute atomic E-state index is 12.4. The van der Waals surface area contributed by atoms with Crippen LogP contribution in [0.1, 0.15) is 15.7 Å². The van der Waals surface area contributed by atoms with Gasteiger partial charge in [0.05, 0.1) is 17.5 Å². The summed E-state index contributed by atoms with van der Waals surface area (Å²) in [6.45, 7) is 5.39. The van der Waals surface area contributed by atoms with Crippen molar-refractivity contribution in [3.8, 4) is 0 Å². The van der Waals surface area contributed by atoms with E-state index in [2.05, 4.69) is 25.2 Å². The minimum absolute atomic E-state index is 0.131. The second-order valence-electron chi connectivity index (χ2n) is 6.29. The van der Waals surface area contributed by atoms with Crippen molar-refractivity contribution in [2.75, 3.05) is 25.0 Å². The van der Waals surface area contributed by atoms with Crippen molar-refractivity contribution in [2.24, 2.45) is 0 Å². The number of nitrogens with zero attached hydrogens (tertiary/aromatic N) is 7. The SMILES string of the molecule is Cc1ncc(CC(=O)N(C)C2CN(c3ccc4nnc(C)n4n3)C2)s1. The van der Waals surface area contributed by atoms with Gasteiger partial charge in [-0.1, -0.05) is 0 Å². The minimum atomic E-state index is 0.131. The van der Waals surface area contributed by atoms with Crippen molar-refractivity contribution in [3.05, 3.63) is 34.0 Å². The molecule has 3 aromatic rings. The van der Waals surface area contributed by atoms with Gasteiger partial charge in [-0.25, -0.2) is 4.98 Å². The molecular formula is C16H19N7OS. The minimum Gasteiger partial charge on any atom is -0.351 e. The Kier molecular flexibility index (Phi) is 3.87. The molecule has 0 unspecified atom stereocenters. The molecule has 1 amide bonds. The van der Waals surface area contributed by atoms with Crippen LogP contribution in [-0.2, 0) is 11.2 Å². The number of rotatable bonds is 4. The third-order valence-electron chi connectivity index (χ3n) is 4.53. The Balaban J connectivity index is 1.38. The summed E-state index contributed by atoms with van der Waals surface area (Å²) >= 11 is 1.58. The van der Waals surface area contributed by atoms with Crippen LogP contribution in [0, 0.1) is 13.8 Å². The van der Waals surface area contributed by atoms with Crippen LogP contribution in [0.25, 0.3) is 5.65 Å². The molecule has 25 heavy (non-hydrogen) atoms. The molecule has 1 aliphatic heterocycles. The number of anilines is 1. The average Bonchev–Trinajstić information content (AvgIpc) is 3.12. The monoisotopic (exact) mass is 357 g/mol. The number of amides is 1. The molecule has 0 saturated carbocycles. The fraction of sp³-hybridized carbons (Fsp3) is 0.438. The molecule has 9 heteroatoms. The number of aryl methyl sites for hydroxylation is 2. The highest BCUT2D eigenvalue weighted by molar-refractivity contribution is 7.11. The summed E-state index contributed by atoms with van der Waals surface area (Å²) in [5.41, 5.74) is 0.741. The fourth-order valence-electron chi connectivity index (χ4n) is 2.91. The smallest absolute Gasteiger partial charge is 0.228 e. The maximum Gasteiger partial charge on any atom is 0.228 e. The van der Waals surface area contributed by atoms with E-state index < -0.39 is 0 Å². The van der Waals surface area contributed by atoms with Crippen LogP contribution in [-0.4, -0.2) is 61.8 Å². The lowest BCUT2D eigenvalue weighted by Crippen LogP contribution is -2.60. The molecule has 0 bridgehead atoms. The molecule has 1 fully saturated rings. The molecule has 8 nitrogen and oxygen atoms in total. The molecule has 0 atom stereocenters. The van der Waals surface area contributed by atoms with Crippen molar-refractivity contribution in [3.63, 3.8) is 0 Å². The van der Waals surface area contributed by atoms with Gasteiger partial charge in [0.2, 0.25) is 5.91 Å². The highest BCUT2D eigenvalue weighted by atomic mass is 32.1. The summed E-state index contributed by atoms with van der Waals surface area (Å²) in [7, 11) is 1.87. The van der Waals surface area contributed by atoms with Gasteiger partial charge in [0.25, 0.3) is 0 Å². The van der Waals surface area contributed by atoms with Gasteiger partial charge in [-0.15, -0.1) is 26.6 Å². The summed E-state index contributed by atoms with van der Waals surface area (Å²) in [6.07, 6.45) is 2.21. The van der Waals surface area contributed by atoms with E-state index in [1.807, 2.05) is 37.9 Å². The van der Waals surface area contributed by atoms with Gasteiger partial charge in [0.15, 0.2) is 11.5 Å². The average molecular weight is 357 g/mol. The third kappa shape index (κ3) is 2.95. The molecular weight excluding hydrogens is 338 g/mol. The Morgan fingerprint density at radius 1 is 1.32 bits per heavy atom. The van der Waals surface area contributed by atoms with Crippen LogP contribution < -0.4 is 4.90 Å². The predicted molar refractivity (Wildman–Crippen MR) is 94.8 cm³/mol. The van der Waals surface area contributed by atoms with E-state index in [1.54, 1.807) is 22.0 Å². The van der Waals surface area contributed by atoms with Crippen LogP contribution in [0.5, 0.6) is 0 Å². The van der Waals surface area contributed by atoms with Crippen LogP contribution in [0.4, 0.5) is 5.82 Å². The van der Waals surface area contributed by atoms with Crippen molar-refractivity contribution < 1.29 is 4.79 Å².